The topological polar surface area (TPSA) is 41.6 Å². The minimum atomic E-state index is 0.137. The molecular weight excluding hydrogens is 396 g/mol. The van der Waals surface area contributed by atoms with Crippen LogP contribution in [0.15, 0.2) is 72.9 Å². The SMILES string of the molecule is CC/C=C\C/C=C\C/C=C\C/C=C\C/C=C\C/C=C\CCC(=O)NCCN1CCOCC1. The Morgan fingerprint density at radius 3 is 1.72 bits per heavy atom. The fourth-order valence-corrected chi connectivity index (χ4v) is 3.12. The zero-order valence-corrected chi connectivity index (χ0v) is 20.1. The number of hydrogen-bond donors (Lipinski definition) is 1. The van der Waals surface area contributed by atoms with Crippen LogP contribution in [0.4, 0.5) is 0 Å². The molecule has 1 heterocycles. The second kappa shape index (κ2) is 22.0. The summed E-state index contributed by atoms with van der Waals surface area (Å²) >= 11 is 0. The third kappa shape index (κ3) is 18.6. The summed E-state index contributed by atoms with van der Waals surface area (Å²) < 4.78 is 5.32. The summed E-state index contributed by atoms with van der Waals surface area (Å²) in [6.45, 7) is 7.33. The van der Waals surface area contributed by atoms with Gasteiger partial charge in [0.05, 0.1) is 13.2 Å². The molecule has 1 N–H and O–H groups in total. The average molecular weight is 441 g/mol. The van der Waals surface area contributed by atoms with E-state index < -0.39 is 0 Å². The molecule has 32 heavy (non-hydrogen) atoms. The van der Waals surface area contributed by atoms with Gasteiger partial charge in [-0.1, -0.05) is 79.8 Å². The van der Waals surface area contributed by atoms with E-state index in [2.05, 4.69) is 90.1 Å². The normalized spacial score (nSPS) is 16.2. The molecule has 0 aromatic carbocycles. The molecule has 1 saturated heterocycles. The first kappa shape index (κ1) is 27.9. The van der Waals surface area contributed by atoms with Gasteiger partial charge in [0.25, 0.3) is 0 Å². The number of carbonyl (C=O) groups excluding carboxylic acids is 1. The molecule has 178 valence electrons. The molecule has 0 aromatic heterocycles. The number of hydrogen-bond acceptors (Lipinski definition) is 3. The summed E-state index contributed by atoms with van der Waals surface area (Å²) in [6.07, 6.45) is 33.7. The van der Waals surface area contributed by atoms with E-state index in [-0.39, 0.29) is 5.91 Å². The molecular formula is C28H44N2O2. The largest absolute Gasteiger partial charge is 0.379 e. The first-order valence-electron chi connectivity index (χ1n) is 12.3. The highest BCUT2D eigenvalue weighted by atomic mass is 16.5. The standard InChI is InChI=1S/C28H44N2O2/c1-2-3-4-5-6-7-8-9-10-11-12-13-14-15-16-17-18-19-20-21-28(31)29-22-23-30-24-26-32-27-25-30/h3-4,6-7,9-10,12-13,15-16,18-19H,2,5,8,11,14,17,20-27H2,1H3,(H,29,31)/b4-3-,7-6-,10-9-,13-12-,16-15-,19-18-. The summed E-state index contributed by atoms with van der Waals surface area (Å²) in [6, 6.07) is 0. The van der Waals surface area contributed by atoms with E-state index in [1.165, 1.54) is 0 Å². The van der Waals surface area contributed by atoms with Gasteiger partial charge in [0.1, 0.15) is 0 Å². The van der Waals surface area contributed by atoms with Crippen molar-refractivity contribution >= 4 is 5.91 Å². The number of rotatable bonds is 17. The van der Waals surface area contributed by atoms with Gasteiger partial charge < -0.3 is 10.1 Å². The third-order valence-electron chi connectivity index (χ3n) is 4.99. The molecule has 4 nitrogen and oxygen atoms in total. The molecule has 0 unspecified atom stereocenters. The van der Waals surface area contributed by atoms with Gasteiger partial charge in [-0.15, -0.1) is 0 Å². The van der Waals surface area contributed by atoms with Gasteiger partial charge in [-0.3, -0.25) is 9.69 Å². The lowest BCUT2D eigenvalue weighted by molar-refractivity contribution is -0.121. The molecule has 1 fully saturated rings. The first-order chi connectivity index (χ1) is 15.8. The van der Waals surface area contributed by atoms with Crippen molar-refractivity contribution in [1.29, 1.82) is 0 Å². The number of nitrogens with one attached hydrogen (secondary N) is 1. The van der Waals surface area contributed by atoms with Crippen LogP contribution in [-0.4, -0.2) is 50.2 Å². The molecule has 0 aromatic rings. The number of ether oxygens (including phenoxy) is 1. The van der Waals surface area contributed by atoms with Crippen LogP contribution in [0.3, 0.4) is 0 Å². The van der Waals surface area contributed by atoms with E-state index in [1.54, 1.807) is 0 Å². The lowest BCUT2D eigenvalue weighted by Crippen LogP contribution is -2.41. The van der Waals surface area contributed by atoms with E-state index in [1.807, 2.05) is 0 Å². The summed E-state index contributed by atoms with van der Waals surface area (Å²) in [5, 5.41) is 3.00. The van der Waals surface area contributed by atoms with Crippen LogP contribution in [0.5, 0.6) is 0 Å². The van der Waals surface area contributed by atoms with Crippen molar-refractivity contribution < 1.29 is 9.53 Å². The maximum absolute atomic E-state index is 11.8. The van der Waals surface area contributed by atoms with E-state index in [0.29, 0.717) is 6.42 Å². The molecule has 4 heteroatoms. The van der Waals surface area contributed by atoms with E-state index in [4.69, 9.17) is 4.74 Å². The number of morpholine rings is 1. The molecule has 0 aliphatic carbocycles. The van der Waals surface area contributed by atoms with Crippen LogP contribution in [0, 0.1) is 0 Å². The lowest BCUT2D eigenvalue weighted by Gasteiger charge is -2.26. The maximum Gasteiger partial charge on any atom is 0.220 e. The fourth-order valence-electron chi connectivity index (χ4n) is 3.12. The van der Waals surface area contributed by atoms with Crippen molar-refractivity contribution in [1.82, 2.24) is 10.2 Å². The molecule has 0 radical (unpaired) electrons. The Kier molecular flexibility index (Phi) is 19.2. The van der Waals surface area contributed by atoms with Gasteiger partial charge in [0, 0.05) is 32.6 Å². The van der Waals surface area contributed by atoms with Crippen LogP contribution in [0.25, 0.3) is 0 Å². The Hall–Kier alpha value is -2.17. The van der Waals surface area contributed by atoms with Crippen LogP contribution < -0.4 is 5.32 Å². The van der Waals surface area contributed by atoms with E-state index in [9.17, 15) is 4.79 Å². The van der Waals surface area contributed by atoms with Crippen LogP contribution >= 0.6 is 0 Å². The minimum absolute atomic E-state index is 0.137. The zero-order chi connectivity index (χ0) is 23.0. The van der Waals surface area contributed by atoms with Gasteiger partial charge in [0.15, 0.2) is 0 Å². The Morgan fingerprint density at radius 2 is 1.22 bits per heavy atom. The van der Waals surface area contributed by atoms with Crippen LogP contribution in [-0.2, 0) is 9.53 Å². The van der Waals surface area contributed by atoms with Crippen molar-refractivity contribution in [2.24, 2.45) is 0 Å². The fraction of sp³-hybridized carbons (Fsp3) is 0.536. The minimum Gasteiger partial charge on any atom is -0.379 e. The predicted octanol–water partition coefficient (Wildman–Crippen LogP) is 5.91. The molecule has 0 atom stereocenters. The lowest BCUT2D eigenvalue weighted by atomic mass is 10.2. The molecule has 0 spiro atoms. The highest BCUT2D eigenvalue weighted by Crippen LogP contribution is 1.98. The van der Waals surface area contributed by atoms with Crippen molar-refractivity contribution in [3.05, 3.63) is 72.9 Å². The zero-order valence-electron chi connectivity index (χ0n) is 20.1. The summed E-state index contributed by atoms with van der Waals surface area (Å²) in [7, 11) is 0. The number of carbonyl (C=O) groups is 1. The highest BCUT2D eigenvalue weighted by molar-refractivity contribution is 5.75. The molecule has 0 bridgehead atoms. The van der Waals surface area contributed by atoms with Crippen molar-refractivity contribution in [2.75, 3.05) is 39.4 Å². The summed E-state index contributed by atoms with van der Waals surface area (Å²) in [5.41, 5.74) is 0. The quantitative estimate of drug-likeness (QED) is 0.286. The smallest absolute Gasteiger partial charge is 0.220 e. The second-order valence-corrected chi connectivity index (χ2v) is 7.76. The van der Waals surface area contributed by atoms with Gasteiger partial charge >= 0.3 is 0 Å². The molecule has 1 rings (SSSR count). The number of amides is 1. The van der Waals surface area contributed by atoms with Crippen LogP contribution in [0.2, 0.25) is 0 Å². The van der Waals surface area contributed by atoms with Crippen molar-refractivity contribution in [3.63, 3.8) is 0 Å². The van der Waals surface area contributed by atoms with Gasteiger partial charge in [-0.05, 0) is 44.9 Å². The monoisotopic (exact) mass is 440 g/mol. The predicted molar refractivity (Wildman–Crippen MR) is 138 cm³/mol. The van der Waals surface area contributed by atoms with E-state index >= 15 is 0 Å². The van der Waals surface area contributed by atoms with E-state index in [0.717, 1.165) is 84.3 Å². The third-order valence-corrected chi connectivity index (χ3v) is 4.99. The Bertz CT molecular complexity index is 623. The Balaban J connectivity index is 1.92. The molecule has 0 saturated carbocycles. The van der Waals surface area contributed by atoms with Gasteiger partial charge in [-0.25, -0.2) is 0 Å². The highest BCUT2D eigenvalue weighted by Gasteiger charge is 2.09. The molecule has 1 aliphatic heterocycles. The van der Waals surface area contributed by atoms with Gasteiger partial charge in [0.2, 0.25) is 5.91 Å². The second-order valence-electron chi connectivity index (χ2n) is 7.76. The first-order valence-corrected chi connectivity index (χ1v) is 12.3. The molecule has 1 aliphatic rings. The number of nitrogens with zero attached hydrogens (tertiary/aromatic N) is 1. The Labute approximate surface area is 196 Å². The Morgan fingerprint density at radius 1 is 0.750 bits per heavy atom. The van der Waals surface area contributed by atoms with Gasteiger partial charge in [-0.2, -0.15) is 0 Å². The summed E-state index contributed by atoms with van der Waals surface area (Å²) in [5.74, 6) is 0.137. The van der Waals surface area contributed by atoms with Crippen LogP contribution in [0.1, 0.15) is 58.3 Å². The number of allylic oxidation sites excluding steroid dienone is 12. The van der Waals surface area contributed by atoms with Crippen molar-refractivity contribution in [3.8, 4) is 0 Å². The summed E-state index contributed by atoms with van der Waals surface area (Å²) in [4.78, 5) is 14.2. The van der Waals surface area contributed by atoms with Crippen molar-refractivity contribution in [2.45, 2.75) is 58.3 Å². The molecule has 1 amide bonds. The average Bonchev–Trinajstić information content (AvgIpc) is 2.81. The maximum atomic E-state index is 11.8.